The molecule has 6 heteroatoms. The van der Waals surface area contributed by atoms with Crippen molar-refractivity contribution < 1.29 is 4.79 Å². The minimum absolute atomic E-state index is 0.0140. The number of aromatic nitrogens is 2. The molecule has 2 fully saturated rings. The van der Waals surface area contributed by atoms with Gasteiger partial charge in [0, 0.05) is 25.2 Å². The number of rotatable bonds is 5. The van der Waals surface area contributed by atoms with Gasteiger partial charge in [-0.25, -0.2) is 4.68 Å². The molecule has 2 aliphatic heterocycles. The molecule has 1 aromatic carbocycles. The Morgan fingerprint density at radius 2 is 1.78 bits per heavy atom. The minimum atomic E-state index is 0.0140. The molecule has 0 radical (unpaired) electrons. The maximum atomic E-state index is 12.4. The Hall–Kier alpha value is -1.79. The van der Waals surface area contributed by atoms with E-state index in [-0.39, 0.29) is 5.91 Å². The quantitative estimate of drug-likeness (QED) is 0.856. The number of anilines is 1. The van der Waals surface area contributed by atoms with Crippen LogP contribution in [0, 0.1) is 0 Å². The summed E-state index contributed by atoms with van der Waals surface area (Å²) in [5, 5.41) is 7.57. The largest absolute Gasteiger partial charge is 0.311 e. The first-order chi connectivity index (χ1) is 13.3. The van der Waals surface area contributed by atoms with Crippen molar-refractivity contribution in [3.63, 3.8) is 0 Å². The molecule has 27 heavy (non-hydrogen) atoms. The second-order valence-corrected chi connectivity index (χ2v) is 8.71. The van der Waals surface area contributed by atoms with Crippen LogP contribution in [0.15, 0.2) is 42.6 Å². The highest BCUT2D eigenvalue weighted by molar-refractivity contribution is 7.99. The van der Waals surface area contributed by atoms with E-state index >= 15 is 0 Å². The molecule has 144 valence electrons. The summed E-state index contributed by atoms with van der Waals surface area (Å²) in [7, 11) is 0. The van der Waals surface area contributed by atoms with E-state index in [0.29, 0.717) is 12.5 Å². The number of carbonyl (C=O) groups excluding carboxylic acids is 1. The van der Waals surface area contributed by atoms with Gasteiger partial charge in [-0.1, -0.05) is 30.3 Å². The van der Waals surface area contributed by atoms with Crippen molar-refractivity contribution in [3.8, 4) is 0 Å². The maximum Gasteiger partial charge on any atom is 0.229 e. The average Bonchev–Trinajstić information content (AvgIpc) is 3.17. The highest BCUT2D eigenvalue weighted by atomic mass is 32.2. The van der Waals surface area contributed by atoms with E-state index in [0.717, 1.165) is 43.4 Å². The van der Waals surface area contributed by atoms with Crippen LogP contribution in [-0.4, -0.2) is 51.2 Å². The van der Waals surface area contributed by atoms with Crippen LogP contribution in [0.4, 0.5) is 5.82 Å². The highest BCUT2D eigenvalue weighted by Gasteiger charge is 2.28. The van der Waals surface area contributed by atoms with Crippen LogP contribution in [0.2, 0.25) is 0 Å². The van der Waals surface area contributed by atoms with Gasteiger partial charge in [0.2, 0.25) is 5.91 Å². The van der Waals surface area contributed by atoms with E-state index in [1.54, 1.807) is 6.20 Å². The molecule has 5 nitrogen and oxygen atoms in total. The monoisotopic (exact) mass is 384 g/mol. The van der Waals surface area contributed by atoms with E-state index in [9.17, 15) is 4.79 Å². The fraction of sp³-hybridized carbons (Fsp3) is 0.524. The third kappa shape index (κ3) is 4.74. The summed E-state index contributed by atoms with van der Waals surface area (Å²) in [6.45, 7) is 2.27. The minimum Gasteiger partial charge on any atom is -0.311 e. The molecule has 2 saturated heterocycles. The molecule has 1 aromatic heterocycles. The smallest absolute Gasteiger partial charge is 0.229 e. The lowest BCUT2D eigenvalue weighted by atomic mass is 10.0. The van der Waals surface area contributed by atoms with Gasteiger partial charge < -0.3 is 10.2 Å². The Morgan fingerprint density at radius 3 is 2.52 bits per heavy atom. The lowest BCUT2D eigenvalue weighted by Crippen LogP contribution is -2.43. The number of benzene rings is 1. The topological polar surface area (TPSA) is 50.2 Å². The van der Waals surface area contributed by atoms with Gasteiger partial charge in [0.1, 0.15) is 5.82 Å². The summed E-state index contributed by atoms with van der Waals surface area (Å²) in [4.78, 5) is 15.1. The van der Waals surface area contributed by atoms with E-state index in [1.807, 2.05) is 41.1 Å². The molecule has 2 aliphatic rings. The van der Waals surface area contributed by atoms with E-state index in [2.05, 4.69) is 27.1 Å². The van der Waals surface area contributed by atoms with Crippen LogP contribution in [-0.2, 0) is 11.2 Å². The lowest BCUT2D eigenvalue weighted by molar-refractivity contribution is -0.115. The number of carbonyl (C=O) groups is 1. The first-order valence-electron chi connectivity index (χ1n) is 9.98. The van der Waals surface area contributed by atoms with Crippen LogP contribution < -0.4 is 5.32 Å². The summed E-state index contributed by atoms with van der Waals surface area (Å²) in [5.41, 5.74) is 1.03. The fourth-order valence-corrected chi connectivity index (χ4v) is 5.30. The van der Waals surface area contributed by atoms with E-state index in [4.69, 9.17) is 0 Å². The molecule has 1 amide bonds. The van der Waals surface area contributed by atoms with Crippen LogP contribution >= 0.6 is 11.8 Å². The highest BCUT2D eigenvalue weighted by Crippen LogP contribution is 2.29. The number of hydrogen-bond acceptors (Lipinski definition) is 4. The Kier molecular flexibility index (Phi) is 6.14. The number of piperidine rings is 1. The van der Waals surface area contributed by atoms with Gasteiger partial charge in [0.15, 0.2) is 0 Å². The molecule has 0 atom stereocenters. The first-order valence-corrected chi connectivity index (χ1v) is 11.1. The summed E-state index contributed by atoms with van der Waals surface area (Å²) < 4.78 is 2.02. The first kappa shape index (κ1) is 18.6. The molecule has 0 bridgehead atoms. The molecule has 4 rings (SSSR count). The van der Waals surface area contributed by atoms with Gasteiger partial charge >= 0.3 is 0 Å². The van der Waals surface area contributed by atoms with Crippen LogP contribution in [0.1, 0.15) is 37.3 Å². The van der Waals surface area contributed by atoms with Gasteiger partial charge in [-0.15, -0.1) is 0 Å². The predicted octanol–water partition coefficient (Wildman–Crippen LogP) is 3.60. The number of amides is 1. The molecule has 0 saturated carbocycles. The summed E-state index contributed by atoms with van der Waals surface area (Å²) in [6, 6.07) is 12.9. The third-order valence-electron chi connectivity index (χ3n) is 5.70. The van der Waals surface area contributed by atoms with E-state index < -0.39 is 0 Å². The summed E-state index contributed by atoms with van der Waals surface area (Å²) in [5.74, 6) is 3.45. The molecule has 1 N–H and O–H groups in total. The van der Waals surface area contributed by atoms with Crippen molar-refractivity contribution in [2.24, 2.45) is 0 Å². The standard InChI is InChI=1S/C21H28N4OS/c26-21(16-17-4-2-1-3-5-17)23-20-6-11-22-25(20)19-7-12-24(13-8-19)18-9-14-27-15-10-18/h1-6,11,18-19H,7-10,12-16H2,(H,23,26). The van der Waals surface area contributed by atoms with Crippen LogP contribution in [0.5, 0.6) is 0 Å². The SMILES string of the molecule is O=C(Cc1ccccc1)Nc1ccnn1C1CCN(C2CCSCC2)CC1. The van der Waals surface area contributed by atoms with Crippen molar-refractivity contribution in [2.75, 3.05) is 29.9 Å². The van der Waals surface area contributed by atoms with Crippen molar-refractivity contribution in [1.29, 1.82) is 0 Å². The molecule has 0 spiro atoms. The zero-order valence-electron chi connectivity index (χ0n) is 15.7. The van der Waals surface area contributed by atoms with Gasteiger partial charge in [0.05, 0.1) is 18.7 Å². The van der Waals surface area contributed by atoms with Crippen LogP contribution in [0.3, 0.4) is 0 Å². The molecular formula is C21H28N4OS. The lowest BCUT2D eigenvalue weighted by Gasteiger charge is -2.39. The Bertz CT molecular complexity index is 734. The normalized spacial score (nSPS) is 19.9. The second-order valence-electron chi connectivity index (χ2n) is 7.48. The fourth-order valence-electron chi connectivity index (χ4n) is 4.22. The molecule has 0 unspecified atom stereocenters. The van der Waals surface area contributed by atoms with Crippen LogP contribution in [0.25, 0.3) is 0 Å². The maximum absolute atomic E-state index is 12.4. The Labute approximate surface area is 165 Å². The summed E-state index contributed by atoms with van der Waals surface area (Å²) in [6.07, 6.45) is 7.06. The zero-order chi connectivity index (χ0) is 18.5. The van der Waals surface area contributed by atoms with Gasteiger partial charge in [0.25, 0.3) is 0 Å². The number of thioether (sulfide) groups is 1. The average molecular weight is 385 g/mol. The molecule has 2 aromatic rings. The van der Waals surface area contributed by atoms with Crippen molar-refractivity contribution >= 4 is 23.5 Å². The third-order valence-corrected chi connectivity index (χ3v) is 6.75. The van der Waals surface area contributed by atoms with Crippen molar-refractivity contribution in [1.82, 2.24) is 14.7 Å². The van der Waals surface area contributed by atoms with Crippen molar-refractivity contribution in [2.45, 2.75) is 44.2 Å². The molecule has 0 aliphatic carbocycles. The van der Waals surface area contributed by atoms with Gasteiger partial charge in [-0.2, -0.15) is 16.9 Å². The predicted molar refractivity (Wildman–Crippen MR) is 111 cm³/mol. The summed E-state index contributed by atoms with van der Waals surface area (Å²) >= 11 is 2.09. The van der Waals surface area contributed by atoms with Crippen molar-refractivity contribution in [3.05, 3.63) is 48.2 Å². The number of hydrogen-bond donors (Lipinski definition) is 1. The second kappa shape index (κ2) is 8.93. The van der Waals surface area contributed by atoms with Gasteiger partial charge in [-0.05, 0) is 42.8 Å². The Morgan fingerprint density at radius 1 is 1.04 bits per heavy atom. The Balaban J connectivity index is 1.33. The van der Waals surface area contributed by atoms with Gasteiger partial charge in [-0.3, -0.25) is 4.79 Å². The number of nitrogens with zero attached hydrogens (tertiary/aromatic N) is 3. The number of nitrogens with one attached hydrogen (secondary N) is 1. The zero-order valence-corrected chi connectivity index (χ0v) is 16.5. The molecular weight excluding hydrogens is 356 g/mol. The number of likely N-dealkylation sites (tertiary alicyclic amines) is 1. The molecule has 3 heterocycles. The van der Waals surface area contributed by atoms with E-state index in [1.165, 1.54) is 24.3 Å².